The molecule has 1 fully saturated rings. The van der Waals surface area contributed by atoms with Crippen LogP contribution in [0, 0.1) is 6.92 Å². The molecule has 1 saturated heterocycles. The topological polar surface area (TPSA) is 40.5 Å². The first kappa shape index (κ1) is 13.8. The fourth-order valence-electron chi connectivity index (χ4n) is 2.43. The van der Waals surface area contributed by atoms with Gasteiger partial charge in [-0.1, -0.05) is 12.1 Å². The minimum atomic E-state index is -2.55. The minimum absolute atomic E-state index is 0.0147. The van der Waals surface area contributed by atoms with Crippen molar-refractivity contribution in [1.82, 2.24) is 0 Å². The molecule has 1 aromatic rings. The molecular weight excluding hydrogens is 252 g/mol. The monoisotopic (exact) mass is 269 g/mol. The number of benzene rings is 1. The number of halogens is 2. The Labute approximate surface area is 110 Å². The van der Waals surface area contributed by atoms with Crippen LogP contribution in [0.2, 0.25) is 0 Å². The van der Waals surface area contributed by atoms with Crippen molar-refractivity contribution in [3.63, 3.8) is 0 Å². The predicted octanol–water partition coefficient (Wildman–Crippen LogP) is 2.86. The van der Waals surface area contributed by atoms with Crippen molar-refractivity contribution in [2.75, 3.05) is 18.0 Å². The van der Waals surface area contributed by atoms with Crippen LogP contribution in [0.5, 0.6) is 0 Å². The van der Waals surface area contributed by atoms with E-state index in [0.717, 1.165) is 16.8 Å². The number of hydrogen-bond donors (Lipinski definition) is 1. The second-order valence-electron chi connectivity index (χ2n) is 5.03. The number of carboxylic acids is 1. The van der Waals surface area contributed by atoms with Gasteiger partial charge in [0.15, 0.2) is 0 Å². The molecule has 1 aliphatic rings. The Hall–Kier alpha value is -1.65. The maximum Gasteiger partial charge on any atom is 0.307 e. The first-order chi connectivity index (χ1) is 8.87. The molecule has 3 nitrogen and oxygen atoms in total. The zero-order chi connectivity index (χ0) is 14.0. The summed E-state index contributed by atoms with van der Waals surface area (Å²) in [7, 11) is 0. The van der Waals surface area contributed by atoms with Gasteiger partial charge in [0.25, 0.3) is 5.92 Å². The highest BCUT2D eigenvalue weighted by molar-refractivity contribution is 5.71. The normalized spacial score (nSPS) is 18.4. The Morgan fingerprint density at radius 2 is 2.00 bits per heavy atom. The zero-order valence-electron chi connectivity index (χ0n) is 10.8. The van der Waals surface area contributed by atoms with Crippen LogP contribution in [0.1, 0.15) is 24.0 Å². The molecule has 104 valence electrons. The van der Waals surface area contributed by atoms with Crippen molar-refractivity contribution >= 4 is 11.7 Å². The standard InChI is InChI=1S/C14H17F2NO2/c1-10-8-11(9-13(18)19)2-3-12(10)17-6-4-14(15,16)5-7-17/h2-3,8H,4-7,9H2,1H3,(H,18,19). The maximum absolute atomic E-state index is 13.1. The van der Waals surface area contributed by atoms with Crippen LogP contribution >= 0.6 is 0 Å². The van der Waals surface area contributed by atoms with E-state index in [4.69, 9.17) is 5.11 Å². The highest BCUT2D eigenvalue weighted by Crippen LogP contribution is 2.32. The molecule has 0 bridgehead atoms. The smallest absolute Gasteiger partial charge is 0.307 e. The minimum Gasteiger partial charge on any atom is -0.481 e. The van der Waals surface area contributed by atoms with E-state index >= 15 is 0 Å². The van der Waals surface area contributed by atoms with Crippen molar-refractivity contribution in [2.45, 2.75) is 32.1 Å². The molecule has 19 heavy (non-hydrogen) atoms. The first-order valence-electron chi connectivity index (χ1n) is 6.31. The first-order valence-corrected chi connectivity index (χ1v) is 6.31. The number of anilines is 1. The van der Waals surface area contributed by atoms with Gasteiger partial charge < -0.3 is 10.0 Å². The molecule has 2 rings (SSSR count). The fraction of sp³-hybridized carbons (Fsp3) is 0.500. The Morgan fingerprint density at radius 1 is 1.37 bits per heavy atom. The summed E-state index contributed by atoms with van der Waals surface area (Å²) < 4.78 is 26.2. The number of hydrogen-bond acceptors (Lipinski definition) is 2. The fourth-order valence-corrected chi connectivity index (χ4v) is 2.43. The Kier molecular flexibility index (Phi) is 3.73. The molecule has 0 atom stereocenters. The molecule has 0 aromatic heterocycles. The second kappa shape index (κ2) is 5.15. The summed E-state index contributed by atoms with van der Waals surface area (Å²) in [5, 5.41) is 8.74. The van der Waals surface area contributed by atoms with Gasteiger partial charge in [-0.3, -0.25) is 4.79 Å². The molecule has 0 aliphatic carbocycles. The predicted molar refractivity (Wildman–Crippen MR) is 68.9 cm³/mol. The summed E-state index contributed by atoms with van der Waals surface area (Å²) in [6.45, 7) is 2.56. The highest BCUT2D eigenvalue weighted by atomic mass is 19.3. The molecule has 0 saturated carbocycles. The number of aryl methyl sites for hydroxylation is 1. The quantitative estimate of drug-likeness (QED) is 0.917. The number of piperidine rings is 1. The molecule has 0 amide bonds. The van der Waals surface area contributed by atoms with E-state index in [0.29, 0.717) is 13.1 Å². The molecule has 1 aromatic carbocycles. The van der Waals surface area contributed by atoms with E-state index < -0.39 is 11.9 Å². The second-order valence-corrected chi connectivity index (χ2v) is 5.03. The van der Waals surface area contributed by atoms with Crippen LogP contribution in [0.15, 0.2) is 18.2 Å². The summed E-state index contributed by atoms with van der Waals surface area (Å²) in [6, 6.07) is 5.40. The number of alkyl halides is 2. The average molecular weight is 269 g/mol. The Morgan fingerprint density at radius 3 is 2.53 bits per heavy atom. The zero-order valence-corrected chi connectivity index (χ0v) is 10.8. The Bertz CT molecular complexity index is 478. The number of carboxylic acid groups (broad SMARTS) is 1. The molecule has 1 heterocycles. The highest BCUT2D eigenvalue weighted by Gasteiger charge is 2.34. The van der Waals surface area contributed by atoms with Gasteiger partial charge >= 0.3 is 5.97 Å². The summed E-state index contributed by atoms with van der Waals surface area (Å²) >= 11 is 0. The van der Waals surface area contributed by atoms with Crippen LogP contribution < -0.4 is 4.90 Å². The molecule has 1 N–H and O–H groups in total. The van der Waals surface area contributed by atoms with E-state index in [1.807, 2.05) is 24.0 Å². The SMILES string of the molecule is Cc1cc(CC(=O)O)ccc1N1CCC(F)(F)CC1. The van der Waals surface area contributed by atoms with E-state index in [9.17, 15) is 13.6 Å². The molecule has 0 radical (unpaired) electrons. The third kappa shape index (κ3) is 3.43. The third-order valence-corrected chi connectivity index (χ3v) is 3.45. The average Bonchev–Trinajstić information content (AvgIpc) is 2.29. The molecule has 1 aliphatic heterocycles. The number of aliphatic carboxylic acids is 1. The van der Waals surface area contributed by atoms with Gasteiger partial charge in [0, 0.05) is 31.6 Å². The van der Waals surface area contributed by atoms with Crippen LogP contribution in [0.3, 0.4) is 0 Å². The largest absolute Gasteiger partial charge is 0.481 e. The van der Waals surface area contributed by atoms with Gasteiger partial charge in [0.05, 0.1) is 6.42 Å². The van der Waals surface area contributed by atoms with E-state index in [2.05, 4.69) is 0 Å². The lowest BCUT2D eigenvalue weighted by molar-refractivity contribution is -0.136. The van der Waals surface area contributed by atoms with Gasteiger partial charge in [0.2, 0.25) is 0 Å². The summed E-state index contributed by atoms with van der Waals surface area (Å²) in [5.74, 6) is -3.42. The van der Waals surface area contributed by atoms with Crippen molar-refractivity contribution in [3.05, 3.63) is 29.3 Å². The molecule has 0 unspecified atom stereocenters. The van der Waals surface area contributed by atoms with Crippen LogP contribution in [0.4, 0.5) is 14.5 Å². The van der Waals surface area contributed by atoms with Gasteiger partial charge in [0.1, 0.15) is 0 Å². The lowest BCUT2D eigenvalue weighted by atomic mass is 10.0. The third-order valence-electron chi connectivity index (χ3n) is 3.45. The van der Waals surface area contributed by atoms with E-state index in [-0.39, 0.29) is 19.3 Å². The van der Waals surface area contributed by atoms with Crippen molar-refractivity contribution in [2.24, 2.45) is 0 Å². The summed E-state index contributed by atoms with van der Waals surface area (Å²) in [4.78, 5) is 12.6. The summed E-state index contributed by atoms with van der Waals surface area (Å²) in [6.07, 6.45) is -0.258. The van der Waals surface area contributed by atoms with Crippen LogP contribution in [-0.4, -0.2) is 30.1 Å². The van der Waals surface area contributed by atoms with Crippen LogP contribution in [-0.2, 0) is 11.2 Å². The number of nitrogens with zero attached hydrogens (tertiary/aromatic N) is 1. The van der Waals surface area contributed by atoms with Gasteiger partial charge in [-0.25, -0.2) is 8.78 Å². The van der Waals surface area contributed by atoms with E-state index in [1.54, 1.807) is 6.07 Å². The molecular formula is C14H17F2NO2. The lowest BCUT2D eigenvalue weighted by Gasteiger charge is -2.34. The Balaban J connectivity index is 2.11. The number of carbonyl (C=O) groups is 1. The van der Waals surface area contributed by atoms with Crippen molar-refractivity contribution in [1.29, 1.82) is 0 Å². The summed E-state index contributed by atoms with van der Waals surface area (Å²) in [5.41, 5.74) is 2.59. The molecule has 5 heteroatoms. The van der Waals surface area contributed by atoms with Crippen molar-refractivity contribution in [3.8, 4) is 0 Å². The van der Waals surface area contributed by atoms with Crippen molar-refractivity contribution < 1.29 is 18.7 Å². The van der Waals surface area contributed by atoms with Gasteiger partial charge in [-0.2, -0.15) is 0 Å². The van der Waals surface area contributed by atoms with Gasteiger partial charge in [-0.05, 0) is 24.1 Å². The lowest BCUT2D eigenvalue weighted by Crippen LogP contribution is -2.39. The van der Waals surface area contributed by atoms with Crippen LogP contribution in [0.25, 0.3) is 0 Å². The number of rotatable bonds is 3. The molecule has 0 spiro atoms. The van der Waals surface area contributed by atoms with E-state index in [1.165, 1.54) is 0 Å². The maximum atomic E-state index is 13.1. The van der Waals surface area contributed by atoms with Gasteiger partial charge in [-0.15, -0.1) is 0 Å².